The van der Waals surface area contributed by atoms with Crippen molar-refractivity contribution >= 4 is 57.3 Å². The smallest absolute Gasteiger partial charge is 0.332 e. The van der Waals surface area contributed by atoms with E-state index in [0.717, 1.165) is 38.2 Å². The van der Waals surface area contributed by atoms with Crippen LogP contribution < -0.4 is 5.46 Å². The van der Waals surface area contributed by atoms with Crippen molar-refractivity contribution in [2.24, 2.45) is 0 Å². The lowest BCUT2D eigenvalue weighted by atomic mass is 9.82. The summed E-state index contributed by atoms with van der Waals surface area (Å²) in [7, 11) is 1.61. The summed E-state index contributed by atoms with van der Waals surface area (Å²) >= 11 is 6.72. The Bertz CT molecular complexity index is 1160. The van der Waals surface area contributed by atoms with E-state index < -0.39 is 11.2 Å². The fraction of sp³-hybridized carbons (Fsp3) is 0.273. The molecule has 0 saturated heterocycles. The van der Waals surface area contributed by atoms with E-state index in [9.17, 15) is 5.11 Å². The third-order valence-corrected chi connectivity index (χ3v) is 5.83. The van der Waals surface area contributed by atoms with Crippen molar-refractivity contribution in [3.63, 3.8) is 0 Å². The zero-order valence-corrected chi connectivity index (χ0v) is 16.6. The first-order valence-corrected chi connectivity index (χ1v) is 9.32. The molecule has 0 bridgehead atoms. The van der Waals surface area contributed by atoms with E-state index in [1.807, 2.05) is 44.2 Å². The molecule has 0 saturated carbocycles. The average molecular weight is 380 g/mol. The monoisotopic (exact) mass is 379 g/mol. The summed E-state index contributed by atoms with van der Waals surface area (Å²) in [5, 5.41) is 15.0. The molecule has 1 aromatic heterocycles. The van der Waals surface area contributed by atoms with Crippen molar-refractivity contribution in [2.45, 2.75) is 38.9 Å². The molecule has 0 unspecified atom stereocenters. The lowest BCUT2D eigenvalue weighted by Crippen LogP contribution is -2.49. The van der Waals surface area contributed by atoms with E-state index >= 15 is 0 Å². The van der Waals surface area contributed by atoms with Gasteiger partial charge in [-0.25, -0.2) is 0 Å². The van der Waals surface area contributed by atoms with Crippen molar-refractivity contribution in [1.82, 2.24) is 0 Å². The minimum atomic E-state index is -0.999. The number of furan rings is 1. The Morgan fingerprint density at radius 3 is 2.30 bits per heavy atom. The highest BCUT2D eigenvalue weighted by atomic mass is 35.5. The highest BCUT2D eigenvalue weighted by Crippen LogP contribution is 2.35. The number of hydrogen-bond acceptors (Lipinski definition) is 3. The number of rotatable bonds is 4. The average Bonchev–Trinajstić information content (AvgIpc) is 2.96. The second-order valence-corrected chi connectivity index (χ2v) is 8.32. The molecule has 0 spiro atoms. The van der Waals surface area contributed by atoms with Gasteiger partial charge in [0, 0.05) is 15.8 Å². The predicted octanol–water partition coefficient (Wildman–Crippen LogP) is 5.20. The molecule has 4 aromatic rings. The second-order valence-electron chi connectivity index (χ2n) is 7.94. The minimum absolute atomic E-state index is 0.577. The molecule has 0 aliphatic carbocycles. The number of hydrogen-bond donors (Lipinski definition) is 1. The molecule has 1 heterocycles. The molecule has 0 atom stereocenters. The standard InChI is InChI=1S/C22H21BClO3/c1-21(2,25)22(3,4)27-23-16-9-10-17-19(20(16)24)15-11-13-7-5-6-8-14(13)12-18(15)26-17/h5-12,25H,1-4H3. The van der Waals surface area contributed by atoms with Gasteiger partial charge in [-0.1, -0.05) is 41.9 Å². The van der Waals surface area contributed by atoms with Crippen LogP contribution in [0.3, 0.4) is 0 Å². The Morgan fingerprint density at radius 1 is 0.963 bits per heavy atom. The third-order valence-electron chi connectivity index (χ3n) is 5.42. The van der Waals surface area contributed by atoms with Crippen molar-refractivity contribution in [2.75, 3.05) is 0 Å². The van der Waals surface area contributed by atoms with Gasteiger partial charge >= 0.3 is 7.48 Å². The summed E-state index contributed by atoms with van der Waals surface area (Å²) < 4.78 is 11.9. The van der Waals surface area contributed by atoms with Crippen LogP contribution in [0.15, 0.2) is 52.9 Å². The maximum Gasteiger partial charge on any atom is 0.332 e. The van der Waals surface area contributed by atoms with Crippen LogP contribution in [0.5, 0.6) is 0 Å². The Labute approximate surface area is 164 Å². The number of halogens is 1. The molecule has 5 heteroatoms. The van der Waals surface area contributed by atoms with Crippen LogP contribution in [0.1, 0.15) is 27.7 Å². The van der Waals surface area contributed by atoms with Gasteiger partial charge in [0.2, 0.25) is 0 Å². The van der Waals surface area contributed by atoms with Crippen LogP contribution in [-0.4, -0.2) is 23.8 Å². The molecule has 4 rings (SSSR count). The van der Waals surface area contributed by atoms with Crippen molar-refractivity contribution in [1.29, 1.82) is 0 Å². The van der Waals surface area contributed by atoms with E-state index in [1.54, 1.807) is 21.3 Å². The largest absolute Gasteiger partial charge is 0.456 e. The van der Waals surface area contributed by atoms with Crippen LogP contribution in [0.2, 0.25) is 5.02 Å². The van der Waals surface area contributed by atoms with Gasteiger partial charge in [-0.2, -0.15) is 0 Å². The quantitative estimate of drug-likeness (QED) is 0.495. The second kappa shape index (κ2) is 6.27. The van der Waals surface area contributed by atoms with Crippen LogP contribution in [0.25, 0.3) is 32.7 Å². The first-order valence-electron chi connectivity index (χ1n) is 8.94. The molecular weight excluding hydrogens is 359 g/mol. The van der Waals surface area contributed by atoms with Crippen molar-refractivity contribution < 1.29 is 14.2 Å². The van der Waals surface area contributed by atoms with Gasteiger partial charge in [0.25, 0.3) is 0 Å². The van der Waals surface area contributed by atoms with E-state index in [1.165, 1.54) is 0 Å². The van der Waals surface area contributed by atoms with Gasteiger partial charge in [-0.3, -0.25) is 0 Å². The molecule has 3 nitrogen and oxygen atoms in total. The van der Waals surface area contributed by atoms with Crippen LogP contribution in [-0.2, 0) is 4.65 Å². The van der Waals surface area contributed by atoms with Crippen LogP contribution >= 0.6 is 11.6 Å². The van der Waals surface area contributed by atoms with Crippen molar-refractivity contribution in [3.05, 3.63) is 53.6 Å². The molecule has 3 aromatic carbocycles. The highest BCUT2D eigenvalue weighted by Gasteiger charge is 2.36. The highest BCUT2D eigenvalue weighted by molar-refractivity contribution is 6.56. The SMILES string of the molecule is CC(C)(O)C(C)(C)O[B]c1ccc2oc3cc4ccccc4cc3c2c1Cl. The summed E-state index contributed by atoms with van der Waals surface area (Å²) in [4.78, 5) is 0. The maximum atomic E-state index is 10.3. The van der Waals surface area contributed by atoms with Crippen LogP contribution in [0, 0.1) is 0 Å². The van der Waals surface area contributed by atoms with E-state index in [4.69, 9.17) is 20.7 Å². The Balaban J connectivity index is 1.81. The Morgan fingerprint density at radius 2 is 1.63 bits per heavy atom. The predicted molar refractivity (Wildman–Crippen MR) is 113 cm³/mol. The summed E-state index contributed by atoms with van der Waals surface area (Å²) in [6.45, 7) is 7.13. The fourth-order valence-corrected chi connectivity index (χ4v) is 3.28. The van der Waals surface area contributed by atoms with Crippen LogP contribution in [0.4, 0.5) is 0 Å². The normalized spacial score (nSPS) is 13.0. The first kappa shape index (κ1) is 18.4. The fourth-order valence-electron chi connectivity index (χ4n) is 2.97. The zero-order valence-electron chi connectivity index (χ0n) is 15.8. The van der Waals surface area contributed by atoms with E-state index in [0.29, 0.717) is 5.02 Å². The summed E-state index contributed by atoms with van der Waals surface area (Å²) in [5.41, 5.74) is 0.531. The zero-order chi connectivity index (χ0) is 19.4. The van der Waals surface area contributed by atoms with Gasteiger partial charge in [0.1, 0.15) is 11.2 Å². The topological polar surface area (TPSA) is 42.6 Å². The molecular formula is C22H21BClO3. The summed E-state index contributed by atoms with van der Waals surface area (Å²) in [5.74, 6) is 0. The van der Waals surface area contributed by atoms with Gasteiger partial charge in [0.15, 0.2) is 0 Å². The van der Waals surface area contributed by atoms with Gasteiger partial charge in [-0.05, 0) is 62.1 Å². The third kappa shape index (κ3) is 3.12. The molecule has 0 fully saturated rings. The van der Waals surface area contributed by atoms with E-state index in [2.05, 4.69) is 18.2 Å². The molecule has 1 radical (unpaired) electrons. The summed E-state index contributed by atoms with van der Waals surface area (Å²) in [6, 6.07) is 16.1. The minimum Gasteiger partial charge on any atom is -0.456 e. The van der Waals surface area contributed by atoms with Gasteiger partial charge in [-0.15, -0.1) is 0 Å². The lowest BCUT2D eigenvalue weighted by molar-refractivity contribution is -0.0893. The molecule has 0 aliphatic heterocycles. The van der Waals surface area contributed by atoms with E-state index in [-0.39, 0.29) is 0 Å². The Kier molecular flexibility index (Phi) is 4.26. The van der Waals surface area contributed by atoms with Gasteiger partial charge < -0.3 is 14.2 Å². The molecule has 137 valence electrons. The lowest BCUT2D eigenvalue weighted by Gasteiger charge is -2.37. The number of fused-ring (bicyclic) bond motifs is 4. The Hall–Kier alpha value is -2.01. The molecule has 0 aliphatic rings. The summed E-state index contributed by atoms with van der Waals surface area (Å²) in [6.07, 6.45) is 0. The molecule has 27 heavy (non-hydrogen) atoms. The first-order chi connectivity index (χ1) is 12.7. The number of aliphatic hydroxyl groups is 1. The van der Waals surface area contributed by atoms with Gasteiger partial charge in [0.05, 0.1) is 11.2 Å². The molecule has 0 amide bonds. The number of benzene rings is 3. The maximum absolute atomic E-state index is 10.3. The van der Waals surface area contributed by atoms with Crippen molar-refractivity contribution in [3.8, 4) is 0 Å². The molecule has 1 N–H and O–H groups in total.